The minimum atomic E-state index is -0.203. The highest BCUT2D eigenvalue weighted by atomic mass is 32.2. The van der Waals surface area contributed by atoms with Gasteiger partial charge < -0.3 is 9.47 Å². The number of rotatable bonds is 9. The van der Waals surface area contributed by atoms with Crippen LogP contribution < -0.4 is 0 Å². The Morgan fingerprint density at radius 2 is 1.72 bits per heavy atom. The van der Waals surface area contributed by atoms with E-state index in [1.807, 2.05) is 49.1 Å². The molecule has 7 heteroatoms. The summed E-state index contributed by atoms with van der Waals surface area (Å²) < 4.78 is 2.19. The molecule has 1 amide bonds. The van der Waals surface area contributed by atoms with Crippen molar-refractivity contribution in [2.75, 3.05) is 13.1 Å². The number of carbonyl (C=O) groups is 1. The number of benzene rings is 2. The van der Waals surface area contributed by atoms with E-state index >= 15 is 0 Å². The minimum absolute atomic E-state index is 0.148. The zero-order valence-corrected chi connectivity index (χ0v) is 19.7. The van der Waals surface area contributed by atoms with E-state index in [9.17, 15) is 4.79 Å². The van der Waals surface area contributed by atoms with E-state index in [-0.39, 0.29) is 11.2 Å². The quantitative estimate of drug-likeness (QED) is 0.332. The molecule has 2 aromatic carbocycles. The molecule has 2 aromatic heterocycles. The van der Waals surface area contributed by atoms with Crippen molar-refractivity contribution in [3.63, 3.8) is 0 Å². The van der Waals surface area contributed by atoms with Gasteiger partial charge in [-0.1, -0.05) is 73.6 Å². The molecule has 4 aromatic rings. The first-order valence-electron chi connectivity index (χ1n) is 11.3. The van der Waals surface area contributed by atoms with Crippen molar-refractivity contribution in [3.8, 4) is 0 Å². The Morgan fingerprint density at radius 3 is 2.44 bits per heavy atom. The van der Waals surface area contributed by atoms with Crippen molar-refractivity contribution in [1.82, 2.24) is 24.6 Å². The van der Waals surface area contributed by atoms with Crippen LogP contribution in [-0.2, 0) is 11.3 Å². The number of thioether (sulfide) groups is 1. The van der Waals surface area contributed by atoms with Crippen molar-refractivity contribution in [2.24, 2.45) is 0 Å². The van der Waals surface area contributed by atoms with Crippen LogP contribution in [0.4, 0.5) is 0 Å². The third-order valence-electron chi connectivity index (χ3n) is 5.69. The summed E-state index contributed by atoms with van der Waals surface area (Å²) in [5.74, 6) is 0.148. The molecule has 0 fully saturated rings. The van der Waals surface area contributed by atoms with Crippen molar-refractivity contribution in [2.45, 2.75) is 50.6 Å². The largest absolute Gasteiger partial charge is 0.342 e. The molecule has 0 aliphatic carbocycles. The van der Waals surface area contributed by atoms with Crippen LogP contribution in [0, 0.1) is 0 Å². The van der Waals surface area contributed by atoms with Gasteiger partial charge in [0, 0.05) is 25.0 Å². The number of nitrogens with zero attached hydrogens (tertiary/aromatic N) is 5. The number of amides is 1. The molecule has 1 atom stereocenters. The molecule has 4 rings (SSSR count). The van der Waals surface area contributed by atoms with Crippen LogP contribution in [0.5, 0.6) is 0 Å². The Labute approximate surface area is 193 Å². The predicted molar refractivity (Wildman–Crippen MR) is 131 cm³/mol. The standard InChI is InChI=1S/C25H29N5OS/c1-4-12-21(24(31)29(5-2)6-3)32-25-26-23-22(27-28-25)19-15-10-11-16-20(19)30(23)17-18-13-8-7-9-14-18/h7-11,13-16,21H,4-6,12,17H2,1-3H3. The van der Waals surface area contributed by atoms with E-state index < -0.39 is 0 Å². The molecule has 0 radical (unpaired) electrons. The van der Waals surface area contributed by atoms with Gasteiger partial charge in [0.25, 0.3) is 0 Å². The zero-order valence-electron chi connectivity index (χ0n) is 18.9. The summed E-state index contributed by atoms with van der Waals surface area (Å²) in [6.07, 6.45) is 1.71. The molecule has 0 spiro atoms. The maximum atomic E-state index is 13.0. The molecule has 0 saturated heterocycles. The van der Waals surface area contributed by atoms with E-state index in [0.717, 1.165) is 34.9 Å². The Bertz CT molecular complexity index is 1200. The topological polar surface area (TPSA) is 63.9 Å². The Hall–Kier alpha value is -2.93. The number of carbonyl (C=O) groups excluding carboxylic acids is 1. The van der Waals surface area contributed by atoms with Crippen LogP contribution in [0.3, 0.4) is 0 Å². The first-order valence-corrected chi connectivity index (χ1v) is 12.1. The lowest BCUT2D eigenvalue weighted by molar-refractivity contribution is -0.130. The van der Waals surface area contributed by atoms with Crippen LogP contribution in [-0.4, -0.2) is 48.9 Å². The van der Waals surface area contributed by atoms with E-state index in [4.69, 9.17) is 4.98 Å². The van der Waals surface area contributed by atoms with E-state index in [2.05, 4.69) is 46.0 Å². The fourth-order valence-electron chi connectivity index (χ4n) is 4.03. The van der Waals surface area contributed by atoms with Gasteiger partial charge in [-0.25, -0.2) is 4.98 Å². The minimum Gasteiger partial charge on any atom is -0.342 e. The van der Waals surface area contributed by atoms with Crippen molar-refractivity contribution in [1.29, 1.82) is 0 Å². The lowest BCUT2D eigenvalue weighted by Crippen LogP contribution is -2.37. The van der Waals surface area contributed by atoms with Crippen LogP contribution in [0.2, 0.25) is 0 Å². The van der Waals surface area contributed by atoms with E-state index in [0.29, 0.717) is 24.8 Å². The van der Waals surface area contributed by atoms with Crippen LogP contribution in [0.25, 0.3) is 22.1 Å². The first-order chi connectivity index (χ1) is 15.7. The van der Waals surface area contributed by atoms with E-state index in [1.54, 1.807) is 0 Å². The number of hydrogen-bond donors (Lipinski definition) is 0. The molecular weight excluding hydrogens is 418 g/mol. The maximum absolute atomic E-state index is 13.0. The fraction of sp³-hybridized carbons (Fsp3) is 0.360. The zero-order chi connectivity index (χ0) is 22.5. The SMILES string of the molecule is CCCC(Sc1nnc2c3ccccc3n(Cc3ccccc3)c2n1)C(=O)N(CC)CC. The highest BCUT2D eigenvalue weighted by molar-refractivity contribution is 8.00. The second-order valence-corrected chi connectivity index (χ2v) is 8.93. The summed E-state index contributed by atoms with van der Waals surface area (Å²) in [5, 5.41) is 10.3. The van der Waals surface area contributed by atoms with Gasteiger partial charge in [-0.15, -0.1) is 10.2 Å². The van der Waals surface area contributed by atoms with Gasteiger partial charge in [0.1, 0.15) is 5.52 Å². The Morgan fingerprint density at radius 1 is 1.00 bits per heavy atom. The molecule has 0 aliphatic rings. The predicted octanol–water partition coefficient (Wildman–Crippen LogP) is 5.16. The molecule has 0 N–H and O–H groups in total. The number of fused-ring (bicyclic) bond motifs is 3. The summed E-state index contributed by atoms with van der Waals surface area (Å²) in [6, 6.07) is 18.6. The number of hydrogen-bond acceptors (Lipinski definition) is 5. The molecule has 0 saturated carbocycles. The highest BCUT2D eigenvalue weighted by Gasteiger charge is 2.25. The molecule has 0 bridgehead atoms. The summed E-state index contributed by atoms with van der Waals surface area (Å²) >= 11 is 1.43. The Balaban J connectivity index is 1.75. The number of para-hydroxylation sites is 1. The molecular formula is C25H29N5OS. The molecule has 2 heterocycles. The third kappa shape index (κ3) is 4.48. The highest BCUT2D eigenvalue weighted by Crippen LogP contribution is 2.30. The fourth-order valence-corrected chi connectivity index (χ4v) is 5.11. The van der Waals surface area contributed by atoms with Gasteiger partial charge in [0.2, 0.25) is 11.1 Å². The second kappa shape index (κ2) is 10.1. The molecule has 32 heavy (non-hydrogen) atoms. The first kappa shape index (κ1) is 22.3. The van der Waals surface area contributed by atoms with Gasteiger partial charge in [-0.05, 0) is 31.9 Å². The van der Waals surface area contributed by atoms with Crippen LogP contribution in [0.15, 0.2) is 59.8 Å². The Kier molecular flexibility index (Phi) is 7.05. The molecule has 0 aliphatic heterocycles. The maximum Gasteiger partial charge on any atom is 0.236 e. The van der Waals surface area contributed by atoms with Crippen molar-refractivity contribution in [3.05, 3.63) is 60.2 Å². The van der Waals surface area contributed by atoms with Gasteiger partial charge in [0.05, 0.1) is 10.8 Å². The van der Waals surface area contributed by atoms with Crippen LogP contribution in [0.1, 0.15) is 39.2 Å². The summed E-state index contributed by atoms with van der Waals surface area (Å²) in [4.78, 5) is 19.8. The summed E-state index contributed by atoms with van der Waals surface area (Å²) in [7, 11) is 0. The van der Waals surface area contributed by atoms with Crippen LogP contribution >= 0.6 is 11.8 Å². The average Bonchev–Trinajstić information content (AvgIpc) is 3.13. The molecule has 166 valence electrons. The van der Waals surface area contributed by atoms with Gasteiger partial charge in [-0.2, -0.15) is 0 Å². The number of aromatic nitrogens is 4. The van der Waals surface area contributed by atoms with Crippen molar-refractivity contribution >= 4 is 39.7 Å². The summed E-state index contributed by atoms with van der Waals surface area (Å²) in [5.41, 5.74) is 3.88. The normalized spacial score (nSPS) is 12.3. The smallest absolute Gasteiger partial charge is 0.236 e. The van der Waals surface area contributed by atoms with E-state index in [1.165, 1.54) is 17.3 Å². The lowest BCUT2D eigenvalue weighted by Gasteiger charge is -2.24. The monoisotopic (exact) mass is 447 g/mol. The lowest BCUT2D eigenvalue weighted by atomic mass is 10.2. The third-order valence-corrected chi connectivity index (χ3v) is 6.79. The molecule has 1 unspecified atom stereocenters. The van der Waals surface area contributed by atoms with Gasteiger partial charge in [-0.3, -0.25) is 4.79 Å². The second-order valence-electron chi connectivity index (χ2n) is 7.76. The average molecular weight is 448 g/mol. The van der Waals surface area contributed by atoms with Gasteiger partial charge in [0.15, 0.2) is 5.65 Å². The van der Waals surface area contributed by atoms with Crippen molar-refractivity contribution < 1.29 is 4.79 Å². The van der Waals surface area contributed by atoms with Gasteiger partial charge >= 0.3 is 0 Å². The molecule has 6 nitrogen and oxygen atoms in total. The summed E-state index contributed by atoms with van der Waals surface area (Å²) in [6.45, 7) is 8.25.